The molecule has 2 amide bonds. The van der Waals surface area contributed by atoms with Crippen LogP contribution in [0.25, 0.3) is 21.9 Å². The fourth-order valence-corrected chi connectivity index (χ4v) is 5.47. The number of aromatic nitrogens is 3. The molecular weight excluding hydrogens is 522 g/mol. The van der Waals surface area contributed by atoms with Gasteiger partial charge >= 0.3 is 6.09 Å². The van der Waals surface area contributed by atoms with E-state index < -0.39 is 11.7 Å². The van der Waals surface area contributed by atoms with Gasteiger partial charge in [-0.25, -0.2) is 9.78 Å². The van der Waals surface area contributed by atoms with Gasteiger partial charge in [-0.15, -0.1) is 0 Å². The summed E-state index contributed by atoms with van der Waals surface area (Å²) in [5.74, 6) is 1.20. The highest BCUT2D eigenvalue weighted by Crippen LogP contribution is 2.29. The van der Waals surface area contributed by atoms with Gasteiger partial charge in [0.1, 0.15) is 22.7 Å². The number of methoxy groups -OCH3 is 2. The number of amides is 2. The number of benzene rings is 2. The first-order valence-corrected chi connectivity index (χ1v) is 14.1. The molecule has 2 aromatic carbocycles. The van der Waals surface area contributed by atoms with E-state index in [0.29, 0.717) is 42.9 Å². The van der Waals surface area contributed by atoms with E-state index in [0.717, 1.165) is 41.9 Å². The van der Waals surface area contributed by atoms with Crippen LogP contribution in [0.15, 0.2) is 42.5 Å². The number of piperidine rings is 1. The number of rotatable bonds is 8. The summed E-state index contributed by atoms with van der Waals surface area (Å²) in [6.07, 6.45) is 1.70. The minimum Gasteiger partial charge on any atom is -0.494 e. The van der Waals surface area contributed by atoms with Gasteiger partial charge < -0.3 is 34.0 Å². The molecule has 41 heavy (non-hydrogen) atoms. The quantitative estimate of drug-likeness (QED) is 0.317. The Bertz CT molecular complexity index is 1550. The van der Waals surface area contributed by atoms with E-state index in [4.69, 9.17) is 19.2 Å². The number of hydrogen-bond donors (Lipinski definition) is 2. The van der Waals surface area contributed by atoms with Gasteiger partial charge in [-0.2, -0.15) is 0 Å². The summed E-state index contributed by atoms with van der Waals surface area (Å²) in [6, 6.07) is 13.9. The van der Waals surface area contributed by atoms with Crippen molar-refractivity contribution >= 4 is 33.9 Å². The zero-order chi connectivity index (χ0) is 29.1. The van der Waals surface area contributed by atoms with Crippen LogP contribution >= 0.6 is 0 Å². The van der Waals surface area contributed by atoms with E-state index in [1.165, 1.54) is 5.39 Å². The van der Waals surface area contributed by atoms with Gasteiger partial charge in [-0.3, -0.25) is 4.79 Å². The Morgan fingerprint density at radius 3 is 2.71 bits per heavy atom. The Balaban J connectivity index is 1.37. The molecular formula is C31H39N5O5. The lowest BCUT2D eigenvalue weighted by Gasteiger charge is -2.33. The minimum absolute atomic E-state index is 0.114. The van der Waals surface area contributed by atoms with Crippen LogP contribution in [0.5, 0.6) is 5.75 Å². The van der Waals surface area contributed by atoms with Crippen LogP contribution in [0.1, 0.15) is 55.5 Å². The summed E-state index contributed by atoms with van der Waals surface area (Å²) in [6.45, 7) is 7.86. The summed E-state index contributed by atoms with van der Waals surface area (Å²) in [7, 11) is 3.29. The Hall–Kier alpha value is -4.05. The normalized spacial score (nSPS) is 15.8. The molecule has 0 unspecified atom stereocenters. The fourth-order valence-electron chi connectivity index (χ4n) is 5.47. The molecule has 1 aliphatic rings. The number of fused-ring (bicyclic) bond motifs is 2. The highest BCUT2D eigenvalue weighted by atomic mass is 16.6. The summed E-state index contributed by atoms with van der Waals surface area (Å²) in [5.41, 5.74) is 3.63. The maximum Gasteiger partial charge on any atom is 0.407 e. The maximum absolute atomic E-state index is 13.6. The van der Waals surface area contributed by atoms with Crippen molar-refractivity contribution in [2.45, 2.75) is 58.2 Å². The Morgan fingerprint density at radius 1 is 1.15 bits per heavy atom. The standard InChI is InChI=1S/C31H39N5O5/c1-31(2,3)41-30(38)32-22-10-8-12-35(19-22)29(37)21-16-24-28(26(17-21)40-5)34-27(33-24)18-23-15-20-9-6-7-11-25(20)36(23)13-14-39-4/h6-7,9,11,15-17,22H,8,10,12-14,18-19H2,1-5H3,(H,32,38)(H,33,34)/t22-/m1/s1. The zero-order valence-electron chi connectivity index (χ0n) is 24.5. The number of likely N-dealkylation sites (tertiary alicyclic amines) is 1. The van der Waals surface area contributed by atoms with E-state index in [9.17, 15) is 9.59 Å². The van der Waals surface area contributed by atoms with E-state index in [1.807, 2.05) is 39.0 Å². The van der Waals surface area contributed by atoms with E-state index in [2.05, 4.69) is 33.1 Å². The largest absolute Gasteiger partial charge is 0.494 e. The van der Waals surface area contributed by atoms with E-state index in [1.54, 1.807) is 25.2 Å². The van der Waals surface area contributed by atoms with Gasteiger partial charge in [-0.1, -0.05) is 18.2 Å². The number of carbonyl (C=O) groups is 2. The van der Waals surface area contributed by atoms with Crippen LogP contribution in [-0.4, -0.2) is 77.0 Å². The van der Waals surface area contributed by atoms with Crippen LogP contribution in [0.2, 0.25) is 0 Å². The maximum atomic E-state index is 13.6. The third kappa shape index (κ3) is 6.48. The molecule has 2 N–H and O–H groups in total. The van der Waals surface area contributed by atoms with Crippen molar-refractivity contribution in [3.63, 3.8) is 0 Å². The molecule has 4 aromatic rings. The van der Waals surface area contributed by atoms with Crippen LogP contribution in [0.3, 0.4) is 0 Å². The Labute approximate surface area is 240 Å². The third-order valence-electron chi connectivity index (χ3n) is 7.26. The highest BCUT2D eigenvalue weighted by Gasteiger charge is 2.28. The molecule has 218 valence electrons. The molecule has 0 radical (unpaired) electrons. The van der Waals surface area contributed by atoms with Crippen molar-refractivity contribution in [1.82, 2.24) is 24.8 Å². The van der Waals surface area contributed by atoms with Crippen molar-refractivity contribution in [2.75, 3.05) is 33.9 Å². The van der Waals surface area contributed by atoms with Gasteiger partial charge in [-0.05, 0) is 63.3 Å². The molecule has 5 rings (SSSR count). The fraction of sp³-hybridized carbons (Fsp3) is 0.452. The first-order valence-electron chi connectivity index (χ1n) is 14.1. The van der Waals surface area contributed by atoms with Crippen LogP contribution in [-0.2, 0) is 22.4 Å². The van der Waals surface area contributed by atoms with Gasteiger partial charge in [0.05, 0.1) is 19.2 Å². The van der Waals surface area contributed by atoms with Crippen LogP contribution in [0.4, 0.5) is 4.79 Å². The number of aromatic amines is 1. The number of alkyl carbamates (subject to hydrolysis) is 1. The van der Waals surface area contributed by atoms with Crippen LogP contribution < -0.4 is 10.1 Å². The molecule has 0 saturated carbocycles. The predicted octanol–water partition coefficient (Wildman–Crippen LogP) is 4.89. The molecule has 10 heteroatoms. The van der Waals surface area contributed by atoms with Crippen molar-refractivity contribution in [3.8, 4) is 5.75 Å². The number of nitrogens with zero attached hydrogens (tertiary/aromatic N) is 3. The molecule has 1 atom stereocenters. The molecule has 0 bridgehead atoms. The second-order valence-corrected chi connectivity index (χ2v) is 11.5. The molecule has 0 aliphatic carbocycles. The van der Waals surface area contributed by atoms with Gasteiger partial charge in [0, 0.05) is 56.0 Å². The topological polar surface area (TPSA) is 111 Å². The first-order chi connectivity index (χ1) is 19.6. The molecule has 0 spiro atoms. The van der Waals surface area contributed by atoms with Gasteiger partial charge in [0.2, 0.25) is 0 Å². The van der Waals surface area contributed by atoms with Crippen molar-refractivity contribution in [1.29, 1.82) is 0 Å². The summed E-state index contributed by atoms with van der Waals surface area (Å²) < 4.78 is 18.7. The van der Waals surface area contributed by atoms with Gasteiger partial charge in [0.15, 0.2) is 0 Å². The van der Waals surface area contributed by atoms with E-state index in [-0.39, 0.29) is 11.9 Å². The molecule has 1 saturated heterocycles. The molecule has 2 aromatic heterocycles. The molecule has 10 nitrogen and oxygen atoms in total. The second kappa shape index (κ2) is 11.8. The average molecular weight is 562 g/mol. The highest BCUT2D eigenvalue weighted by molar-refractivity contribution is 5.99. The summed E-state index contributed by atoms with van der Waals surface area (Å²) in [4.78, 5) is 35.9. The lowest BCUT2D eigenvalue weighted by atomic mass is 10.0. The van der Waals surface area contributed by atoms with Crippen LogP contribution in [0, 0.1) is 0 Å². The third-order valence-corrected chi connectivity index (χ3v) is 7.26. The van der Waals surface area contributed by atoms with Crippen molar-refractivity contribution in [2.24, 2.45) is 0 Å². The number of carbonyl (C=O) groups excluding carboxylic acids is 2. The first kappa shape index (κ1) is 28.5. The average Bonchev–Trinajstić information content (AvgIpc) is 3.50. The smallest absolute Gasteiger partial charge is 0.407 e. The number of H-pyrrole nitrogens is 1. The van der Waals surface area contributed by atoms with Crippen molar-refractivity contribution < 1.29 is 23.8 Å². The lowest BCUT2D eigenvalue weighted by molar-refractivity contribution is 0.0452. The number of hydrogen-bond acceptors (Lipinski definition) is 6. The minimum atomic E-state index is -0.580. The lowest BCUT2D eigenvalue weighted by Crippen LogP contribution is -2.50. The zero-order valence-corrected chi connectivity index (χ0v) is 24.5. The number of imidazole rings is 1. The SMILES string of the molecule is COCCn1c(Cc2nc3c(OC)cc(C(=O)N4CCC[C@@H](NC(=O)OC(C)(C)C)C4)cc3[nH]2)cc2ccccc21. The number of para-hydroxylation sites is 1. The molecule has 3 heterocycles. The van der Waals surface area contributed by atoms with Crippen molar-refractivity contribution in [3.05, 3.63) is 59.5 Å². The Morgan fingerprint density at radius 2 is 1.95 bits per heavy atom. The number of ether oxygens (including phenoxy) is 3. The summed E-state index contributed by atoms with van der Waals surface area (Å²) >= 11 is 0. The predicted molar refractivity (Wildman–Crippen MR) is 158 cm³/mol. The second-order valence-electron chi connectivity index (χ2n) is 11.5. The van der Waals surface area contributed by atoms with Gasteiger partial charge in [0.25, 0.3) is 5.91 Å². The number of nitrogens with one attached hydrogen (secondary N) is 2. The molecule has 1 fully saturated rings. The van der Waals surface area contributed by atoms with E-state index >= 15 is 0 Å². The Kier molecular flexibility index (Phi) is 8.21. The summed E-state index contributed by atoms with van der Waals surface area (Å²) in [5, 5.41) is 4.08. The molecule has 1 aliphatic heterocycles. The monoisotopic (exact) mass is 561 g/mol.